The van der Waals surface area contributed by atoms with Crippen molar-refractivity contribution in [3.8, 4) is 0 Å². The van der Waals surface area contributed by atoms with Crippen LogP contribution in [0.25, 0.3) is 17.0 Å². The summed E-state index contributed by atoms with van der Waals surface area (Å²) in [7, 11) is 0. The number of hydrogen-bond donors (Lipinski definition) is 4. The molecule has 0 atom stereocenters. The third-order valence-corrected chi connectivity index (χ3v) is 6.32. The van der Waals surface area contributed by atoms with Crippen LogP contribution in [0.15, 0.2) is 53.6 Å². The normalized spacial score (nSPS) is 13.7. The van der Waals surface area contributed by atoms with Crippen molar-refractivity contribution in [2.75, 3.05) is 12.3 Å². The second-order valence-corrected chi connectivity index (χ2v) is 8.35. The van der Waals surface area contributed by atoms with Crippen LogP contribution in [-0.4, -0.2) is 28.4 Å². The highest BCUT2D eigenvalue weighted by molar-refractivity contribution is 7.99. The molecule has 1 aliphatic heterocycles. The second-order valence-electron chi connectivity index (χ2n) is 7.24. The van der Waals surface area contributed by atoms with Crippen LogP contribution in [0, 0.1) is 0 Å². The van der Waals surface area contributed by atoms with Gasteiger partial charge in [-0.3, -0.25) is 10.0 Å². The van der Waals surface area contributed by atoms with E-state index < -0.39 is 5.91 Å². The van der Waals surface area contributed by atoms with Gasteiger partial charge in [-0.05, 0) is 72.0 Å². The van der Waals surface area contributed by atoms with Crippen molar-refractivity contribution >= 4 is 34.6 Å². The standard InChI is InChI=1S/C23H25N3O2S/c27-22(26-28)10-8-16-3-5-18(6-4-16)15-24-12-11-17-7-9-21-20(14-17)19-2-1-13-29-23(19)25-21/h3-10,14,24-25,28H,1-2,11-13,15H2,(H,26,27)/b10-8+. The summed E-state index contributed by atoms with van der Waals surface area (Å²) < 4.78 is 0. The van der Waals surface area contributed by atoms with Crippen LogP contribution in [0.2, 0.25) is 0 Å². The van der Waals surface area contributed by atoms with Crippen molar-refractivity contribution in [1.82, 2.24) is 15.8 Å². The molecule has 3 aromatic rings. The van der Waals surface area contributed by atoms with E-state index in [1.807, 2.05) is 36.0 Å². The number of hydroxylamine groups is 1. The van der Waals surface area contributed by atoms with Gasteiger partial charge in [0, 0.05) is 23.5 Å². The third-order valence-electron chi connectivity index (χ3n) is 5.19. The van der Waals surface area contributed by atoms with Crippen molar-refractivity contribution in [1.29, 1.82) is 0 Å². The van der Waals surface area contributed by atoms with Gasteiger partial charge in [0.15, 0.2) is 0 Å². The van der Waals surface area contributed by atoms with Crippen molar-refractivity contribution < 1.29 is 10.0 Å². The van der Waals surface area contributed by atoms with E-state index in [1.54, 1.807) is 11.6 Å². The SMILES string of the molecule is O=C(/C=C/c1ccc(CNCCc2ccc3[nH]c4c(c3c2)CCCS4)cc1)NO. The predicted octanol–water partition coefficient (Wildman–Crippen LogP) is 4.06. The first-order valence-electron chi connectivity index (χ1n) is 9.91. The first-order chi connectivity index (χ1) is 14.2. The second kappa shape index (κ2) is 9.31. The van der Waals surface area contributed by atoms with Crippen LogP contribution in [0.5, 0.6) is 0 Å². The lowest BCUT2D eigenvalue weighted by molar-refractivity contribution is -0.124. The molecule has 4 N–H and O–H groups in total. The molecule has 0 radical (unpaired) electrons. The van der Waals surface area contributed by atoms with Crippen LogP contribution in [0.4, 0.5) is 0 Å². The molecular formula is C23H25N3O2S. The van der Waals surface area contributed by atoms with E-state index in [0.29, 0.717) is 0 Å². The van der Waals surface area contributed by atoms with Crippen LogP contribution in [-0.2, 0) is 24.2 Å². The number of rotatable bonds is 7. The Hall–Kier alpha value is -2.54. The van der Waals surface area contributed by atoms with Gasteiger partial charge < -0.3 is 10.3 Å². The van der Waals surface area contributed by atoms with E-state index >= 15 is 0 Å². The topological polar surface area (TPSA) is 77.2 Å². The van der Waals surface area contributed by atoms with E-state index in [0.717, 1.165) is 25.1 Å². The van der Waals surface area contributed by atoms with Gasteiger partial charge in [-0.15, -0.1) is 11.8 Å². The molecule has 1 amide bonds. The molecule has 0 saturated carbocycles. The molecule has 0 aliphatic carbocycles. The lowest BCUT2D eigenvalue weighted by Crippen LogP contribution is -2.16. The molecule has 1 aliphatic rings. The highest BCUT2D eigenvalue weighted by Crippen LogP contribution is 2.35. The number of amides is 1. The van der Waals surface area contributed by atoms with Crippen LogP contribution in [0.1, 0.15) is 28.7 Å². The number of carbonyl (C=O) groups excluding carboxylic acids is 1. The summed E-state index contributed by atoms with van der Waals surface area (Å²) in [6.07, 6.45) is 6.40. The molecule has 150 valence electrons. The molecule has 0 bridgehead atoms. The van der Waals surface area contributed by atoms with Gasteiger partial charge in [-0.25, -0.2) is 5.48 Å². The summed E-state index contributed by atoms with van der Waals surface area (Å²) in [5.41, 5.74) is 7.81. The average molecular weight is 408 g/mol. The Morgan fingerprint density at radius 2 is 2.00 bits per heavy atom. The Kier molecular flexibility index (Phi) is 6.34. The molecule has 0 spiro atoms. The molecule has 2 heterocycles. The van der Waals surface area contributed by atoms with Crippen LogP contribution in [0.3, 0.4) is 0 Å². The molecule has 29 heavy (non-hydrogen) atoms. The number of aryl methyl sites for hydroxylation is 1. The first-order valence-corrected chi connectivity index (χ1v) is 10.9. The molecule has 6 heteroatoms. The Morgan fingerprint density at radius 3 is 2.83 bits per heavy atom. The fourth-order valence-corrected chi connectivity index (χ4v) is 4.70. The Labute approximate surface area is 174 Å². The molecular weight excluding hydrogens is 382 g/mol. The Bertz CT molecular complexity index is 1020. The minimum absolute atomic E-state index is 0.534. The number of benzene rings is 2. The fraction of sp³-hybridized carbons (Fsp3) is 0.261. The summed E-state index contributed by atoms with van der Waals surface area (Å²) in [5.74, 6) is 0.680. The van der Waals surface area contributed by atoms with Crippen LogP contribution < -0.4 is 10.8 Å². The molecule has 5 nitrogen and oxygen atoms in total. The molecule has 4 rings (SSSR count). The van der Waals surface area contributed by atoms with E-state index in [1.165, 1.54) is 57.3 Å². The fourth-order valence-electron chi connectivity index (χ4n) is 3.64. The first kappa shape index (κ1) is 19.8. The smallest absolute Gasteiger partial charge is 0.267 e. The van der Waals surface area contributed by atoms with E-state index in [2.05, 4.69) is 28.5 Å². The Morgan fingerprint density at radius 1 is 1.17 bits per heavy atom. The quantitative estimate of drug-likeness (QED) is 0.206. The number of fused-ring (bicyclic) bond motifs is 3. The minimum atomic E-state index is -0.534. The average Bonchev–Trinajstić information content (AvgIpc) is 3.14. The molecule has 1 aromatic heterocycles. The van der Waals surface area contributed by atoms with Crippen molar-refractivity contribution in [2.24, 2.45) is 0 Å². The van der Waals surface area contributed by atoms with Gasteiger partial charge in [0.25, 0.3) is 5.91 Å². The number of H-pyrrole nitrogens is 1. The summed E-state index contributed by atoms with van der Waals surface area (Å²) in [6.45, 7) is 1.73. The largest absolute Gasteiger partial charge is 0.349 e. The highest BCUT2D eigenvalue weighted by atomic mass is 32.2. The van der Waals surface area contributed by atoms with E-state index in [9.17, 15) is 4.79 Å². The monoisotopic (exact) mass is 407 g/mol. The third kappa shape index (κ3) is 4.90. The van der Waals surface area contributed by atoms with Gasteiger partial charge in [-0.1, -0.05) is 30.3 Å². The lowest BCUT2D eigenvalue weighted by atomic mass is 10.0. The number of thioether (sulfide) groups is 1. The molecule has 2 aromatic carbocycles. The van der Waals surface area contributed by atoms with Gasteiger partial charge in [-0.2, -0.15) is 0 Å². The molecule has 0 saturated heterocycles. The maximum atomic E-state index is 11.0. The number of nitrogens with one attached hydrogen (secondary N) is 3. The zero-order chi connectivity index (χ0) is 20.1. The van der Waals surface area contributed by atoms with Gasteiger partial charge in [0.05, 0.1) is 5.03 Å². The van der Waals surface area contributed by atoms with Gasteiger partial charge in [0.1, 0.15) is 0 Å². The van der Waals surface area contributed by atoms with Crippen molar-refractivity contribution in [3.05, 3.63) is 70.8 Å². The van der Waals surface area contributed by atoms with Crippen molar-refractivity contribution in [2.45, 2.75) is 30.8 Å². The number of hydrogen-bond acceptors (Lipinski definition) is 4. The van der Waals surface area contributed by atoms with E-state index in [-0.39, 0.29) is 0 Å². The number of aromatic amines is 1. The van der Waals surface area contributed by atoms with E-state index in [4.69, 9.17) is 5.21 Å². The summed E-state index contributed by atoms with van der Waals surface area (Å²) >= 11 is 1.94. The lowest BCUT2D eigenvalue weighted by Gasteiger charge is -2.10. The van der Waals surface area contributed by atoms with Gasteiger partial charge >= 0.3 is 0 Å². The molecule has 0 unspecified atom stereocenters. The number of aromatic nitrogens is 1. The summed E-state index contributed by atoms with van der Waals surface area (Å²) in [4.78, 5) is 14.6. The number of carbonyl (C=O) groups is 1. The van der Waals surface area contributed by atoms with Crippen LogP contribution >= 0.6 is 11.8 Å². The maximum Gasteiger partial charge on any atom is 0.267 e. The van der Waals surface area contributed by atoms with Gasteiger partial charge in [0.2, 0.25) is 0 Å². The zero-order valence-corrected chi connectivity index (χ0v) is 17.0. The predicted molar refractivity (Wildman–Crippen MR) is 118 cm³/mol. The van der Waals surface area contributed by atoms with Crippen molar-refractivity contribution in [3.63, 3.8) is 0 Å². The summed E-state index contributed by atoms with van der Waals surface area (Å²) in [6, 6.07) is 14.8. The highest BCUT2D eigenvalue weighted by Gasteiger charge is 2.15. The Balaban J connectivity index is 1.29. The summed E-state index contributed by atoms with van der Waals surface area (Å²) in [5, 5.41) is 14.7. The minimum Gasteiger partial charge on any atom is -0.349 e. The maximum absolute atomic E-state index is 11.0. The molecule has 0 fully saturated rings. The zero-order valence-electron chi connectivity index (χ0n) is 16.2.